The largest absolute Gasteiger partial charge is 0.312 e. The molecule has 0 fully saturated rings. The number of benzene rings is 1. The van der Waals surface area contributed by atoms with Crippen molar-refractivity contribution >= 4 is 22.9 Å². The van der Waals surface area contributed by atoms with E-state index in [1.807, 2.05) is 6.92 Å². The Bertz CT molecular complexity index is 554. The van der Waals surface area contributed by atoms with E-state index in [1.165, 1.54) is 10.9 Å². The van der Waals surface area contributed by atoms with E-state index in [-0.39, 0.29) is 5.02 Å². The van der Waals surface area contributed by atoms with Crippen molar-refractivity contribution in [1.29, 1.82) is 0 Å². The molecule has 0 amide bonds. The van der Waals surface area contributed by atoms with E-state index in [1.54, 1.807) is 23.5 Å². The van der Waals surface area contributed by atoms with Crippen molar-refractivity contribution in [3.63, 3.8) is 0 Å². The third-order valence-corrected chi connectivity index (χ3v) is 4.09. The summed E-state index contributed by atoms with van der Waals surface area (Å²) in [4.78, 5) is 5.70. The third kappa shape index (κ3) is 2.88. The van der Waals surface area contributed by atoms with Gasteiger partial charge in [-0.05, 0) is 31.7 Å². The molecule has 0 aliphatic rings. The number of rotatable bonds is 4. The molecule has 0 atom stereocenters. The van der Waals surface area contributed by atoms with Crippen LogP contribution >= 0.6 is 22.9 Å². The zero-order valence-electron chi connectivity index (χ0n) is 10.3. The Morgan fingerprint density at radius 1 is 1.44 bits per heavy atom. The molecular formula is C13H14ClFN2S. The molecule has 1 aromatic heterocycles. The van der Waals surface area contributed by atoms with Gasteiger partial charge in [0.05, 0.1) is 10.7 Å². The second-order valence-corrected chi connectivity index (χ2v) is 5.43. The molecular weight excluding hydrogens is 271 g/mol. The van der Waals surface area contributed by atoms with Crippen LogP contribution in [0.4, 0.5) is 4.39 Å². The molecule has 0 radical (unpaired) electrons. The first-order valence-corrected chi connectivity index (χ1v) is 6.93. The summed E-state index contributed by atoms with van der Waals surface area (Å²) in [6.45, 7) is 5.79. The van der Waals surface area contributed by atoms with Crippen LogP contribution in [-0.4, -0.2) is 11.5 Å². The molecule has 18 heavy (non-hydrogen) atoms. The van der Waals surface area contributed by atoms with Crippen LogP contribution in [-0.2, 0) is 6.54 Å². The topological polar surface area (TPSA) is 24.9 Å². The van der Waals surface area contributed by atoms with Crippen LogP contribution in [0.3, 0.4) is 0 Å². The number of nitrogens with zero attached hydrogens (tertiary/aromatic N) is 1. The first-order valence-electron chi connectivity index (χ1n) is 5.74. The van der Waals surface area contributed by atoms with Gasteiger partial charge in [0.1, 0.15) is 10.8 Å². The Kier molecular flexibility index (Phi) is 4.32. The Morgan fingerprint density at radius 2 is 2.22 bits per heavy atom. The van der Waals surface area contributed by atoms with Crippen LogP contribution in [0, 0.1) is 12.7 Å². The van der Waals surface area contributed by atoms with Crippen LogP contribution in [0.1, 0.15) is 17.5 Å². The highest BCUT2D eigenvalue weighted by Crippen LogP contribution is 2.30. The molecule has 0 bridgehead atoms. The standard InChI is InChI=1S/C13H14ClFN2S/c1-3-16-7-12-8(2)17-13(18-12)9-4-5-11(15)10(14)6-9/h4-6,16H,3,7H2,1-2H3. The van der Waals surface area contributed by atoms with Gasteiger partial charge in [0.2, 0.25) is 0 Å². The van der Waals surface area contributed by atoms with Gasteiger partial charge in [-0.2, -0.15) is 0 Å². The predicted octanol–water partition coefficient (Wildman–Crippen LogP) is 4.02. The summed E-state index contributed by atoms with van der Waals surface area (Å²) in [6, 6.07) is 4.70. The van der Waals surface area contributed by atoms with Gasteiger partial charge in [0, 0.05) is 17.0 Å². The first-order chi connectivity index (χ1) is 8.61. The van der Waals surface area contributed by atoms with E-state index in [2.05, 4.69) is 17.2 Å². The fraction of sp³-hybridized carbons (Fsp3) is 0.308. The van der Waals surface area contributed by atoms with Gasteiger partial charge in [0.25, 0.3) is 0 Å². The van der Waals surface area contributed by atoms with Crippen molar-refractivity contribution in [2.24, 2.45) is 0 Å². The summed E-state index contributed by atoms with van der Waals surface area (Å²) in [5.41, 5.74) is 1.87. The molecule has 5 heteroatoms. The van der Waals surface area contributed by atoms with Crippen LogP contribution in [0.5, 0.6) is 0 Å². The lowest BCUT2D eigenvalue weighted by Crippen LogP contribution is -2.11. The van der Waals surface area contributed by atoms with Gasteiger partial charge in [0.15, 0.2) is 0 Å². The zero-order chi connectivity index (χ0) is 13.1. The number of aryl methyl sites for hydroxylation is 1. The number of aromatic nitrogens is 1. The van der Waals surface area contributed by atoms with Gasteiger partial charge in [-0.15, -0.1) is 11.3 Å². The van der Waals surface area contributed by atoms with E-state index < -0.39 is 5.82 Å². The lowest BCUT2D eigenvalue weighted by Gasteiger charge is -1.98. The number of halogens is 2. The summed E-state index contributed by atoms with van der Waals surface area (Å²) >= 11 is 7.40. The lowest BCUT2D eigenvalue weighted by atomic mass is 10.2. The molecule has 2 rings (SSSR count). The zero-order valence-corrected chi connectivity index (χ0v) is 11.8. The molecule has 0 aliphatic carbocycles. The Balaban J connectivity index is 2.30. The van der Waals surface area contributed by atoms with Crippen LogP contribution in [0.25, 0.3) is 10.6 Å². The van der Waals surface area contributed by atoms with Crippen LogP contribution in [0.15, 0.2) is 18.2 Å². The van der Waals surface area contributed by atoms with E-state index in [9.17, 15) is 4.39 Å². The molecule has 2 aromatic rings. The average Bonchev–Trinajstić information content (AvgIpc) is 2.72. The number of nitrogens with one attached hydrogen (secondary N) is 1. The average molecular weight is 285 g/mol. The lowest BCUT2D eigenvalue weighted by molar-refractivity contribution is 0.628. The van der Waals surface area contributed by atoms with Crippen molar-refractivity contribution in [1.82, 2.24) is 10.3 Å². The smallest absolute Gasteiger partial charge is 0.141 e. The SMILES string of the molecule is CCNCc1sc(-c2ccc(F)c(Cl)c2)nc1C. The summed E-state index contributed by atoms with van der Waals surface area (Å²) < 4.78 is 13.1. The number of thiazole rings is 1. The first kappa shape index (κ1) is 13.5. The van der Waals surface area contributed by atoms with E-state index >= 15 is 0 Å². The van der Waals surface area contributed by atoms with Gasteiger partial charge in [-0.3, -0.25) is 0 Å². The van der Waals surface area contributed by atoms with Crippen molar-refractivity contribution in [2.45, 2.75) is 20.4 Å². The highest BCUT2D eigenvalue weighted by Gasteiger charge is 2.10. The maximum atomic E-state index is 13.1. The molecule has 1 aromatic carbocycles. The second-order valence-electron chi connectivity index (χ2n) is 3.94. The van der Waals surface area contributed by atoms with Gasteiger partial charge < -0.3 is 5.32 Å². The third-order valence-electron chi connectivity index (χ3n) is 2.59. The van der Waals surface area contributed by atoms with Gasteiger partial charge >= 0.3 is 0 Å². The Labute approximate surface area is 115 Å². The summed E-state index contributed by atoms with van der Waals surface area (Å²) in [7, 11) is 0. The van der Waals surface area contributed by atoms with Crippen LogP contribution < -0.4 is 5.32 Å². The number of hydrogen-bond acceptors (Lipinski definition) is 3. The molecule has 0 spiro atoms. The van der Waals surface area contributed by atoms with Crippen molar-refractivity contribution in [2.75, 3.05) is 6.54 Å². The summed E-state index contributed by atoms with van der Waals surface area (Å²) in [6.07, 6.45) is 0. The summed E-state index contributed by atoms with van der Waals surface area (Å²) in [5.74, 6) is -0.401. The number of hydrogen-bond donors (Lipinski definition) is 1. The maximum Gasteiger partial charge on any atom is 0.141 e. The van der Waals surface area contributed by atoms with E-state index in [0.29, 0.717) is 0 Å². The second kappa shape index (κ2) is 5.78. The molecule has 96 valence electrons. The molecule has 1 heterocycles. The van der Waals surface area contributed by atoms with E-state index in [4.69, 9.17) is 11.6 Å². The van der Waals surface area contributed by atoms with Crippen molar-refractivity contribution in [3.05, 3.63) is 39.6 Å². The van der Waals surface area contributed by atoms with E-state index in [0.717, 1.165) is 29.4 Å². The fourth-order valence-corrected chi connectivity index (χ4v) is 2.79. The quantitative estimate of drug-likeness (QED) is 0.917. The Hall–Kier alpha value is -0.970. The van der Waals surface area contributed by atoms with Gasteiger partial charge in [-0.25, -0.2) is 9.37 Å². The summed E-state index contributed by atoms with van der Waals surface area (Å²) in [5, 5.41) is 4.29. The molecule has 0 saturated carbocycles. The van der Waals surface area contributed by atoms with Crippen molar-refractivity contribution < 1.29 is 4.39 Å². The highest BCUT2D eigenvalue weighted by molar-refractivity contribution is 7.15. The predicted molar refractivity (Wildman–Crippen MR) is 74.6 cm³/mol. The normalized spacial score (nSPS) is 10.9. The minimum Gasteiger partial charge on any atom is -0.312 e. The van der Waals surface area contributed by atoms with Crippen molar-refractivity contribution in [3.8, 4) is 10.6 Å². The molecule has 1 N–H and O–H groups in total. The highest BCUT2D eigenvalue weighted by atomic mass is 35.5. The monoisotopic (exact) mass is 284 g/mol. The fourth-order valence-electron chi connectivity index (χ4n) is 1.58. The molecule has 0 unspecified atom stereocenters. The van der Waals surface area contributed by atoms with Crippen LogP contribution in [0.2, 0.25) is 5.02 Å². The minimum absolute atomic E-state index is 0.133. The minimum atomic E-state index is -0.401. The molecule has 0 saturated heterocycles. The maximum absolute atomic E-state index is 13.1. The Morgan fingerprint density at radius 3 is 2.89 bits per heavy atom. The molecule has 2 nitrogen and oxygen atoms in total. The van der Waals surface area contributed by atoms with Gasteiger partial charge in [-0.1, -0.05) is 18.5 Å². The molecule has 0 aliphatic heterocycles.